The van der Waals surface area contributed by atoms with Crippen LogP contribution in [-0.2, 0) is 9.62 Å². The summed E-state index contributed by atoms with van der Waals surface area (Å²) in [6.07, 6.45) is -0.759. The molecule has 0 saturated carbocycles. The van der Waals surface area contributed by atoms with Crippen molar-refractivity contribution in [3.63, 3.8) is 0 Å². The van der Waals surface area contributed by atoms with Gasteiger partial charge in [0, 0.05) is 5.88 Å². The maximum Gasteiger partial charge on any atom is 0.204 e. The predicted molar refractivity (Wildman–Crippen MR) is 34.9 cm³/mol. The van der Waals surface area contributed by atoms with Gasteiger partial charge in [-0.15, -0.1) is 23.2 Å². The third-order valence-electron chi connectivity index (χ3n) is 0.624. The molecule has 0 radical (unpaired) electrons. The summed E-state index contributed by atoms with van der Waals surface area (Å²) in [5, 5.41) is 8.00. The summed E-state index contributed by atoms with van der Waals surface area (Å²) in [6.45, 7) is 0.319. The highest BCUT2D eigenvalue weighted by molar-refractivity contribution is 6.18. The van der Waals surface area contributed by atoms with Crippen molar-refractivity contribution >= 4 is 23.2 Å². The zero-order chi connectivity index (χ0) is 7.11. The van der Waals surface area contributed by atoms with Crippen LogP contribution in [0.25, 0.3) is 0 Å². The average Bonchev–Trinajstić information content (AvgIpc) is 1.91. The summed E-state index contributed by atoms with van der Waals surface area (Å²) in [5.41, 5.74) is 0. The van der Waals surface area contributed by atoms with Crippen LogP contribution in [0.3, 0.4) is 0 Å². The summed E-state index contributed by atoms with van der Waals surface area (Å²) in [7, 11) is 0. The van der Waals surface area contributed by atoms with Gasteiger partial charge in [-0.3, -0.25) is 0 Å². The van der Waals surface area contributed by atoms with Crippen molar-refractivity contribution in [1.82, 2.24) is 0 Å². The van der Waals surface area contributed by atoms with Gasteiger partial charge in [0.1, 0.15) is 0 Å². The van der Waals surface area contributed by atoms with Crippen molar-refractivity contribution in [3.05, 3.63) is 0 Å². The van der Waals surface area contributed by atoms with Crippen LogP contribution in [0.4, 0.5) is 0 Å². The van der Waals surface area contributed by atoms with E-state index in [1.54, 1.807) is 0 Å². The Morgan fingerprint density at radius 1 is 1.44 bits per heavy atom. The Morgan fingerprint density at radius 3 is 2.44 bits per heavy atom. The second-order valence-corrected chi connectivity index (χ2v) is 1.94. The van der Waals surface area contributed by atoms with Crippen molar-refractivity contribution in [3.8, 4) is 0 Å². The number of hydrogen-bond donors (Lipinski definition) is 1. The van der Waals surface area contributed by atoms with E-state index in [0.717, 1.165) is 0 Å². The molecule has 0 aromatic rings. The molecule has 3 nitrogen and oxygen atoms in total. The zero-order valence-corrected chi connectivity index (χ0v) is 6.23. The summed E-state index contributed by atoms with van der Waals surface area (Å²) < 4.78 is 4.75. The SMILES string of the molecule is OOC(CCl)OCCCl. The molecule has 0 aliphatic heterocycles. The number of ether oxygens (including phenoxy) is 1. The molecule has 0 aliphatic rings. The van der Waals surface area contributed by atoms with Gasteiger partial charge in [0.2, 0.25) is 6.29 Å². The van der Waals surface area contributed by atoms with Crippen LogP contribution in [0.15, 0.2) is 0 Å². The van der Waals surface area contributed by atoms with Crippen LogP contribution in [0.2, 0.25) is 0 Å². The Bertz CT molecular complexity index is 57.8. The molecule has 1 unspecified atom stereocenters. The highest BCUT2D eigenvalue weighted by Crippen LogP contribution is 1.95. The van der Waals surface area contributed by atoms with E-state index in [9.17, 15) is 0 Å². The van der Waals surface area contributed by atoms with E-state index >= 15 is 0 Å². The number of rotatable bonds is 5. The van der Waals surface area contributed by atoms with Crippen molar-refractivity contribution < 1.29 is 14.9 Å². The summed E-state index contributed by atoms with van der Waals surface area (Å²) >= 11 is 10.5. The van der Waals surface area contributed by atoms with Crippen molar-refractivity contribution in [1.29, 1.82) is 0 Å². The first-order valence-electron chi connectivity index (χ1n) is 2.39. The van der Waals surface area contributed by atoms with E-state index in [1.807, 2.05) is 0 Å². The minimum Gasteiger partial charge on any atom is -0.347 e. The van der Waals surface area contributed by atoms with Gasteiger partial charge < -0.3 is 4.74 Å². The van der Waals surface area contributed by atoms with Crippen LogP contribution in [0.1, 0.15) is 0 Å². The van der Waals surface area contributed by atoms with Gasteiger partial charge in [0.25, 0.3) is 0 Å². The molecule has 0 heterocycles. The van der Waals surface area contributed by atoms with Gasteiger partial charge >= 0.3 is 0 Å². The fourth-order valence-electron chi connectivity index (χ4n) is 0.279. The Morgan fingerprint density at radius 2 is 2.11 bits per heavy atom. The van der Waals surface area contributed by atoms with Crippen molar-refractivity contribution in [2.24, 2.45) is 0 Å². The lowest BCUT2D eigenvalue weighted by molar-refractivity contribution is -0.337. The van der Waals surface area contributed by atoms with Crippen LogP contribution in [0, 0.1) is 0 Å². The van der Waals surface area contributed by atoms with Gasteiger partial charge in [0.05, 0.1) is 12.5 Å². The molecule has 0 saturated heterocycles. The lowest BCUT2D eigenvalue weighted by Crippen LogP contribution is -2.18. The first-order chi connectivity index (χ1) is 4.35. The first kappa shape index (κ1) is 9.46. The third kappa shape index (κ3) is 4.93. The largest absolute Gasteiger partial charge is 0.347 e. The first-order valence-corrected chi connectivity index (χ1v) is 3.45. The van der Waals surface area contributed by atoms with Crippen molar-refractivity contribution in [2.75, 3.05) is 18.4 Å². The van der Waals surface area contributed by atoms with Gasteiger partial charge in [-0.25, -0.2) is 10.1 Å². The molecule has 0 aliphatic carbocycles. The van der Waals surface area contributed by atoms with E-state index < -0.39 is 6.29 Å². The highest BCUT2D eigenvalue weighted by Gasteiger charge is 2.04. The number of halogens is 2. The molecular weight excluding hydrogens is 167 g/mol. The second-order valence-electron chi connectivity index (χ2n) is 1.25. The molecule has 0 fully saturated rings. The Hall–Kier alpha value is 0.460. The van der Waals surface area contributed by atoms with Crippen LogP contribution < -0.4 is 0 Å². The van der Waals surface area contributed by atoms with Crippen molar-refractivity contribution in [2.45, 2.75) is 6.29 Å². The number of alkyl halides is 2. The second kappa shape index (κ2) is 6.58. The minimum atomic E-state index is -0.759. The van der Waals surface area contributed by atoms with E-state index in [4.69, 9.17) is 33.2 Å². The fourth-order valence-corrected chi connectivity index (χ4v) is 0.514. The normalized spacial score (nSPS) is 13.7. The molecule has 0 bridgehead atoms. The fraction of sp³-hybridized carbons (Fsp3) is 1.00. The average molecular weight is 175 g/mol. The van der Waals surface area contributed by atoms with E-state index in [2.05, 4.69) is 4.89 Å². The summed E-state index contributed by atoms with van der Waals surface area (Å²) in [5.74, 6) is 0.449. The van der Waals surface area contributed by atoms with Gasteiger partial charge in [0.15, 0.2) is 0 Å². The Kier molecular flexibility index (Phi) is 6.91. The number of hydrogen-bond acceptors (Lipinski definition) is 3. The maximum absolute atomic E-state index is 8.00. The van der Waals surface area contributed by atoms with E-state index in [0.29, 0.717) is 12.5 Å². The molecule has 0 spiro atoms. The van der Waals surface area contributed by atoms with Gasteiger partial charge in [-0.05, 0) is 0 Å². The molecule has 0 aromatic heterocycles. The van der Waals surface area contributed by atoms with E-state index in [1.165, 1.54) is 0 Å². The highest BCUT2D eigenvalue weighted by atomic mass is 35.5. The smallest absolute Gasteiger partial charge is 0.204 e. The molecule has 0 aromatic carbocycles. The van der Waals surface area contributed by atoms with Gasteiger partial charge in [-0.1, -0.05) is 0 Å². The Balaban J connectivity index is 3.09. The molecular formula is C4H8Cl2O3. The standard InChI is InChI=1S/C4H8Cl2O3/c5-1-2-8-4(3-6)9-7/h4,7H,1-3H2. The van der Waals surface area contributed by atoms with Gasteiger partial charge in [-0.2, -0.15) is 0 Å². The molecule has 5 heteroatoms. The summed E-state index contributed by atoms with van der Waals surface area (Å²) in [4.78, 5) is 3.79. The zero-order valence-electron chi connectivity index (χ0n) is 4.72. The summed E-state index contributed by atoms with van der Waals surface area (Å²) in [6, 6.07) is 0. The van der Waals surface area contributed by atoms with Crippen LogP contribution in [0.5, 0.6) is 0 Å². The molecule has 9 heavy (non-hydrogen) atoms. The van der Waals surface area contributed by atoms with Crippen LogP contribution in [-0.4, -0.2) is 29.9 Å². The quantitative estimate of drug-likeness (QED) is 0.296. The topological polar surface area (TPSA) is 38.7 Å². The molecule has 1 atom stereocenters. The third-order valence-corrected chi connectivity index (χ3v) is 1.03. The molecule has 0 amide bonds. The molecule has 1 N–H and O–H groups in total. The lowest BCUT2D eigenvalue weighted by Gasteiger charge is -2.08. The van der Waals surface area contributed by atoms with Crippen LogP contribution >= 0.6 is 23.2 Å². The minimum absolute atomic E-state index is 0.0907. The Labute approximate surface area is 63.4 Å². The lowest BCUT2D eigenvalue weighted by atomic mass is 10.7. The molecule has 56 valence electrons. The maximum atomic E-state index is 8.00. The monoisotopic (exact) mass is 174 g/mol. The van der Waals surface area contributed by atoms with E-state index in [-0.39, 0.29) is 5.88 Å². The predicted octanol–water partition coefficient (Wildman–Crippen LogP) is 1.30. The molecule has 0 rings (SSSR count).